The van der Waals surface area contributed by atoms with Gasteiger partial charge in [0.25, 0.3) is 5.91 Å². The Morgan fingerprint density at radius 2 is 1.76 bits per heavy atom. The van der Waals surface area contributed by atoms with Crippen LogP contribution in [-0.2, 0) is 9.53 Å². The molecule has 0 aromatic heterocycles. The van der Waals surface area contributed by atoms with Gasteiger partial charge < -0.3 is 14.8 Å². The summed E-state index contributed by atoms with van der Waals surface area (Å²) in [6.07, 6.45) is 0. The fraction of sp³-hybridized carbons (Fsp3) is 0.500. The van der Waals surface area contributed by atoms with Crippen LogP contribution in [0.25, 0.3) is 0 Å². The molecule has 21 heavy (non-hydrogen) atoms. The number of methoxy groups -OCH3 is 1. The summed E-state index contributed by atoms with van der Waals surface area (Å²) < 4.78 is 10.1. The fourth-order valence-electron chi connectivity index (χ4n) is 1.83. The van der Waals surface area contributed by atoms with Crippen molar-refractivity contribution in [3.8, 4) is 5.75 Å². The summed E-state index contributed by atoms with van der Waals surface area (Å²) in [6, 6.07) is 6.07. The molecule has 0 radical (unpaired) electrons. The molecule has 116 valence electrons. The van der Waals surface area contributed by atoms with Crippen molar-refractivity contribution in [1.82, 2.24) is 5.32 Å². The molecule has 0 spiro atoms. The minimum absolute atomic E-state index is 0.316. The monoisotopic (exact) mass is 293 g/mol. The first-order chi connectivity index (χ1) is 9.79. The molecule has 1 atom stereocenters. The lowest BCUT2D eigenvalue weighted by Gasteiger charge is -2.29. The van der Waals surface area contributed by atoms with Crippen LogP contribution in [0.1, 0.15) is 38.1 Å². The molecule has 0 heterocycles. The largest absolute Gasteiger partial charge is 0.494 e. The Morgan fingerprint density at radius 1 is 1.19 bits per heavy atom. The third-order valence-electron chi connectivity index (χ3n) is 3.01. The summed E-state index contributed by atoms with van der Waals surface area (Å²) in [5, 5.41) is 2.72. The molecular formula is C16H23NO4. The van der Waals surface area contributed by atoms with Crippen LogP contribution in [-0.4, -0.2) is 31.6 Å². The smallest absolute Gasteiger partial charge is 0.328 e. The number of benzene rings is 1. The Kier molecular flexibility index (Phi) is 5.76. The molecular weight excluding hydrogens is 270 g/mol. The number of ether oxygens (including phenoxy) is 2. The first-order valence-corrected chi connectivity index (χ1v) is 6.91. The molecule has 0 unspecified atom stereocenters. The third-order valence-corrected chi connectivity index (χ3v) is 3.01. The van der Waals surface area contributed by atoms with Gasteiger partial charge in [0, 0.05) is 5.56 Å². The molecule has 1 aromatic rings. The number of carbonyl (C=O) groups excluding carboxylic acids is 2. The molecule has 5 heteroatoms. The zero-order chi connectivity index (χ0) is 16.0. The van der Waals surface area contributed by atoms with Crippen LogP contribution in [0.3, 0.4) is 0 Å². The van der Waals surface area contributed by atoms with Crippen molar-refractivity contribution < 1.29 is 19.1 Å². The average molecular weight is 293 g/mol. The Balaban J connectivity index is 2.84. The molecule has 0 aliphatic rings. The zero-order valence-electron chi connectivity index (χ0n) is 13.2. The summed E-state index contributed by atoms with van der Waals surface area (Å²) in [7, 11) is 1.31. The van der Waals surface area contributed by atoms with Crippen molar-refractivity contribution in [1.29, 1.82) is 0 Å². The molecule has 0 saturated carbocycles. The van der Waals surface area contributed by atoms with Gasteiger partial charge in [0.05, 0.1) is 13.7 Å². The summed E-state index contributed by atoms with van der Waals surface area (Å²) in [4.78, 5) is 24.0. The van der Waals surface area contributed by atoms with Gasteiger partial charge in [-0.25, -0.2) is 4.79 Å². The first kappa shape index (κ1) is 17.0. The molecule has 1 N–H and O–H groups in total. The summed E-state index contributed by atoms with van der Waals surface area (Å²) >= 11 is 0. The van der Waals surface area contributed by atoms with Crippen LogP contribution in [0, 0.1) is 5.41 Å². The SMILES string of the molecule is CCOc1ccc(C(=O)N[C@H](C(=O)OC)C(C)(C)C)cc1. The number of hydrogen-bond acceptors (Lipinski definition) is 4. The van der Waals surface area contributed by atoms with Gasteiger partial charge in [0.2, 0.25) is 0 Å². The van der Waals surface area contributed by atoms with E-state index in [2.05, 4.69) is 5.32 Å². The second kappa shape index (κ2) is 7.11. The van der Waals surface area contributed by atoms with Crippen molar-refractivity contribution in [2.75, 3.05) is 13.7 Å². The number of nitrogens with one attached hydrogen (secondary N) is 1. The highest BCUT2D eigenvalue weighted by Crippen LogP contribution is 2.21. The van der Waals surface area contributed by atoms with Crippen molar-refractivity contribution in [3.05, 3.63) is 29.8 Å². The Morgan fingerprint density at radius 3 is 2.19 bits per heavy atom. The minimum atomic E-state index is -0.707. The number of amides is 1. The molecule has 0 bridgehead atoms. The lowest BCUT2D eigenvalue weighted by molar-refractivity contribution is -0.145. The maximum Gasteiger partial charge on any atom is 0.328 e. The van der Waals surface area contributed by atoms with Crippen LogP contribution in [0.5, 0.6) is 5.75 Å². The van der Waals surface area contributed by atoms with Gasteiger partial charge in [-0.05, 0) is 36.6 Å². The highest BCUT2D eigenvalue weighted by atomic mass is 16.5. The fourth-order valence-corrected chi connectivity index (χ4v) is 1.83. The summed E-state index contributed by atoms with van der Waals surface area (Å²) in [5.41, 5.74) is 0.0326. The lowest BCUT2D eigenvalue weighted by atomic mass is 9.86. The second-order valence-electron chi connectivity index (χ2n) is 5.75. The van der Waals surface area contributed by atoms with Crippen LogP contribution >= 0.6 is 0 Å². The van der Waals surface area contributed by atoms with E-state index in [1.54, 1.807) is 24.3 Å². The van der Waals surface area contributed by atoms with E-state index in [9.17, 15) is 9.59 Å². The number of esters is 1. The van der Waals surface area contributed by atoms with Gasteiger partial charge in [0.15, 0.2) is 0 Å². The minimum Gasteiger partial charge on any atom is -0.494 e. The Bertz CT molecular complexity index is 488. The first-order valence-electron chi connectivity index (χ1n) is 6.91. The van der Waals surface area contributed by atoms with E-state index in [-0.39, 0.29) is 5.91 Å². The van der Waals surface area contributed by atoms with Gasteiger partial charge in [-0.3, -0.25) is 4.79 Å². The van der Waals surface area contributed by atoms with Crippen molar-refractivity contribution in [2.45, 2.75) is 33.7 Å². The van der Waals surface area contributed by atoms with Crippen LogP contribution in [0.4, 0.5) is 0 Å². The van der Waals surface area contributed by atoms with Crippen LogP contribution in [0.15, 0.2) is 24.3 Å². The molecule has 0 fully saturated rings. The molecule has 1 aromatic carbocycles. The molecule has 1 amide bonds. The molecule has 0 aliphatic carbocycles. The van der Waals surface area contributed by atoms with Crippen LogP contribution in [0.2, 0.25) is 0 Å². The van der Waals surface area contributed by atoms with Crippen molar-refractivity contribution in [2.24, 2.45) is 5.41 Å². The second-order valence-corrected chi connectivity index (χ2v) is 5.75. The van der Waals surface area contributed by atoms with E-state index < -0.39 is 17.4 Å². The van der Waals surface area contributed by atoms with Crippen LogP contribution < -0.4 is 10.1 Å². The Hall–Kier alpha value is -2.04. The van der Waals surface area contributed by atoms with E-state index in [0.29, 0.717) is 17.9 Å². The third kappa shape index (κ3) is 4.77. The zero-order valence-corrected chi connectivity index (χ0v) is 13.2. The van der Waals surface area contributed by atoms with Gasteiger partial charge >= 0.3 is 5.97 Å². The maximum absolute atomic E-state index is 12.2. The standard InChI is InChI=1S/C16H23NO4/c1-6-21-12-9-7-11(8-10-12)14(18)17-13(15(19)20-5)16(2,3)4/h7-10,13H,6H2,1-5H3,(H,17,18)/t13-/m1/s1. The summed E-state index contributed by atoms with van der Waals surface area (Å²) in [6.45, 7) is 8.07. The Labute approximate surface area is 125 Å². The average Bonchev–Trinajstić information content (AvgIpc) is 2.43. The predicted octanol–water partition coefficient (Wildman–Crippen LogP) is 2.40. The van der Waals surface area contributed by atoms with E-state index >= 15 is 0 Å². The van der Waals surface area contributed by atoms with Gasteiger partial charge in [-0.1, -0.05) is 20.8 Å². The van der Waals surface area contributed by atoms with Crippen molar-refractivity contribution in [3.63, 3.8) is 0 Å². The lowest BCUT2D eigenvalue weighted by Crippen LogP contribution is -2.49. The van der Waals surface area contributed by atoms with Gasteiger partial charge in [0.1, 0.15) is 11.8 Å². The highest BCUT2D eigenvalue weighted by Gasteiger charge is 2.33. The van der Waals surface area contributed by atoms with E-state index in [0.717, 1.165) is 0 Å². The number of hydrogen-bond donors (Lipinski definition) is 1. The molecule has 0 saturated heterocycles. The number of carbonyl (C=O) groups is 2. The summed E-state index contributed by atoms with van der Waals surface area (Å²) in [5.74, 6) is -0.0699. The van der Waals surface area contributed by atoms with Gasteiger partial charge in [-0.15, -0.1) is 0 Å². The topological polar surface area (TPSA) is 64.6 Å². The van der Waals surface area contributed by atoms with E-state index in [4.69, 9.17) is 9.47 Å². The van der Waals surface area contributed by atoms with Crippen molar-refractivity contribution >= 4 is 11.9 Å². The molecule has 5 nitrogen and oxygen atoms in total. The molecule has 0 aliphatic heterocycles. The van der Waals surface area contributed by atoms with E-state index in [1.807, 2.05) is 27.7 Å². The quantitative estimate of drug-likeness (QED) is 0.847. The highest BCUT2D eigenvalue weighted by molar-refractivity contribution is 5.97. The number of rotatable bonds is 5. The van der Waals surface area contributed by atoms with Gasteiger partial charge in [-0.2, -0.15) is 0 Å². The van der Waals surface area contributed by atoms with E-state index in [1.165, 1.54) is 7.11 Å². The normalized spacial score (nSPS) is 12.4. The predicted molar refractivity (Wildman–Crippen MR) is 80.3 cm³/mol. The molecule has 1 rings (SSSR count). The maximum atomic E-state index is 12.2.